The van der Waals surface area contributed by atoms with Crippen LogP contribution < -0.4 is 11.3 Å². The van der Waals surface area contributed by atoms with Gasteiger partial charge in [-0.25, -0.2) is 4.98 Å². The quantitative estimate of drug-likeness (QED) is 0.309. The van der Waals surface area contributed by atoms with Gasteiger partial charge in [-0.2, -0.15) is 4.98 Å². The molecule has 1 fully saturated rings. The Labute approximate surface area is 138 Å². The number of anilines is 1. The Bertz CT molecular complexity index is 865. The molecule has 0 unspecified atom stereocenters. The van der Waals surface area contributed by atoms with Gasteiger partial charge in [-0.3, -0.25) is 14.3 Å². The first-order valence-corrected chi connectivity index (χ1v) is 9.24. The number of aliphatic hydroxyl groups excluding tert-OH is 2. The summed E-state index contributed by atoms with van der Waals surface area (Å²) < 4.78 is 11.4. The Hall–Kier alpha value is -1.44. The van der Waals surface area contributed by atoms with Gasteiger partial charge in [0.25, 0.3) is 5.56 Å². The number of nitrogen functional groups attached to an aromatic ring is 1. The van der Waals surface area contributed by atoms with Crippen LogP contribution in [0.4, 0.5) is 5.95 Å². The molecule has 2 aromatic heterocycles. The molecule has 4 atom stereocenters. The van der Waals surface area contributed by atoms with E-state index in [1.807, 2.05) is 0 Å². The van der Waals surface area contributed by atoms with Gasteiger partial charge < -0.3 is 35.0 Å². The first-order valence-electron chi connectivity index (χ1n) is 6.61. The Morgan fingerprint density at radius 1 is 1.46 bits per heavy atom. The molecule has 0 spiro atoms. The van der Waals surface area contributed by atoms with E-state index in [1.54, 1.807) is 0 Å². The number of aromatic amines is 1. The van der Waals surface area contributed by atoms with Crippen molar-refractivity contribution in [2.24, 2.45) is 0 Å². The number of nitrogens with two attached hydrogens (primary N) is 1. The van der Waals surface area contributed by atoms with Crippen molar-refractivity contribution >= 4 is 35.6 Å². The summed E-state index contributed by atoms with van der Waals surface area (Å²) in [6.07, 6.45) is -3.81. The average molecular weight is 379 g/mol. The van der Waals surface area contributed by atoms with Crippen LogP contribution in [0.15, 0.2) is 11.1 Å². The lowest BCUT2D eigenvalue weighted by molar-refractivity contribution is -0.0486. The highest BCUT2D eigenvalue weighted by atomic mass is 32.5. The molecular formula is C10H14N5O7PS. The molecule has 14 heteroatoms. The van der Waals surface area contributed by atoms with Crippen molar-refractivity contribution in [2.75, 3.05) is 12.3 Å². The molecular weight excluding hydrogens is 365 g/mol. The summed E-state index contributed by atoms with van der Waals surface area (Å²) in [7, 11) is 0. The van der Waals surface area contributed by atoms with Gasteiger partial charge in [-0.15, -0.1) is 0 Å². The highest BCUT2D eigenvalue weighted by Gasteiger charge is 2.45. The molecule has 0 saturated carbocycles. The number of fused-ring (bicyclic) bond motifs is 1. The number of H-pyrrole nitrogens is 1. The fraction of sp³-hybridized carbons (Fsp3) is 0.500. The van der Waals surface area contributed by atoms with E-state index in [4.69, 9.17) is 20.3 Å². The summed E-state index contributed by atoms with van der Waals surface area (Å²) >= 11 is 4.31. The predicted octanol–water partition coefficient (Wildman–Crippen LogP) is -2.45. The maximum absolute atomic E-state index is 11.8. The van der Waals surface area contributed by atoms with Crippen LogP contribution in [-0.2, 0) is 21.1 Å². The molecule has 0 bridgehead atoms. The third-order valence-corrected chi connectivity index (χ3v) is 4.27. The molecule has 3 heterocycles. The number of aromatic nitrogens is 4. The number of rotatable bonds is 4. The van der Waals surface area contributed by atoms with Crippen molar-refractivity contribution in [1.82, 2.24) is 19.5 Å². The Kier molecular flexibility index (Phi) is 4.44. The SMILES string of the molecule is Nc1nc2c(ncn2[C@@H]2O[C@H](COP(O)(O)=S)[C@@H](O)[C@H]2O)c(=O)[nH]1. The third kappa shape index (κ3) is 3.20. The molecule has 12 nitrogen and oxygen atoms in total. The Morgan fingerprint density at radius 2 is 2.17 bits per heavy atom. The summed E-state index contributed by atoms with van der Waals surface area (Å²) in [4.78, 5) is 40.0. The van der Waals surface area contributed by atoms with E-state index in [1.165, 1.54) is 10.9 Å². The van der Waals surface area contributed by atoms with Crippen LogP contribution in [0.5, 0.6) is 0 Å². The Balaban J connectivity index is 1.90. The van der Waals surface area contributed by atoms with Crippen molar-refractivity contribution in [3.8, 4) is 0 Å². The molecule has 0 radical (unpaired) electrons. The van der Waals surface area contributed by atoms with Gasteiger partial charge in [0.15, 0.2) is 17.4 Å². The van der Waals surface area contributed by atoms with Crippen molar-refractivity contribution in [3.63, 3.8) is 0 Å². The molecule has 1 saturated heterocycles. The van der Waals surface area contributed by atoms with Crippen molar-refractivity contribution in [1.29, 1.82) is 0 Å². The van der Waals surface area contributed by atoms with Crippen molar-refractivity contribution in [2.45, 2.75) is 24.5 Å². The van der Waals surface area contributed by atoms with Crippen LogP contribution in [0, 0.1) is 0 Å². The lowest BCUT2D eigenvalue weighted by Crippen LogP contribution is -2.33. The second-order valence-corrected chi connectivity index (χ2v) is 7.77. The number of nitrogens with zero attached hydrogens (tertiary/aromatic N) is 3. The molecule has 0 aromatic carbocycles. The maximum atomic E-state index is 11.8. The van der Waals surface area contributed by atoms with E-state index in [-0.39, 0.29) is 17.1 Å². The van der Waals surface area contributed by atoms with E-state index in [2.05, 4.69) is 31.3 Å². The fourth-order valence-electron chi connectivity index (χ4n) is 2.40. The minimum atomic E-state index is -3.93. The van der Waals surface area contributed by atoms with Crippen molar-refractivity contribution in [3.05, 3.63) is 16.7 Å². The van der Waals surface area contributed by atoms with Crippen LogP contribution >= 0.6 is 6.72 Å². The normalized spacial score (nSPS) is 27.8. The minimum absolute atomic E-state index is 0.0181. The van der Waals surface area contributed by atoms with Crippen LogP contribution in [-0.4, -0.2) is 64.4 Å². The summed E-state index contributed by atoms with van der Waals surface area (Å²) in [5, 5.41) is 20.2. The molecule has 0 aliphatic carbocycles. The van der Waals surface area contributed by atoms with E-state index in [0.717, 1.165) is 0 Å². The van der Waals surface area contributed by atoms with Gasteiger partial charge in [-0.05, 0) is 11.8 Å². The van der Waals surface area contributed by atoms with Gasteiger partial charge >= 0.3 is 6.72 Å². The highest BCUT2D eigenvalue weighted by molar-refractivity contribution is 8.06. The molecule has 132 valence electrons. The zero-order chi connectivity index (χ0) is 17.6. The molecule has 7 N–H and O–H groups in total. The second-order valence-electron chi connectivity index (χ2n) is 5.11. The largest absolute Gasteiger partial charge is 0.387 e. The molecule has 1 aliphatic heterocycles. The molecule has 24 heavy (non-hydrogen) atoms. The number of ether oxygens (including phenoxy) is 1. The number of hydrogen-bond acceptors (Lipinski definition) is 9. The highest BCUT2D eigenvalue weighted by Crippen LogP contribution is 2.39. The van der Waals surface area contributed by atoms with E-state index in [0.29, 0.717) is 0 Å². The summed E-state index contributed by atoms with van der Waals surface area (Å²) in [6, 6.07) is 0. The Morgan fingerprint density at radius 3 is 2.83 bits per heavy atom. The zero-order valence-corrected chi connectivity index (χ0v) is 13.6. The van der Waals surface area contributed by atoms with E-state index >= 15 is 0 Å². The van der Waals surface area contributed by atoms with Gasteiger partial charge in [-0.1, -0.05) is 0 Å². The molecule has 3 rings (SSSR count). The lowest BCUT2D eigenvalue weighted by atomic mass is 10.1. The standard InChI is InChI=1S/C10H14N5O7PS/c11-10-13-7-4(8(18)14-10)12-2-15(7)9-6(17)5(16)3(22-9)1-21-23(19,20)24/h2-3,5-6,9,16-17H,1H2,(H2,19,20,24)(H3,11,13,14,18)/t3-,5-,6-,9-/m1/s1. The van der Waals surface area contributed by atoms with Crippen molar-refractivity contribution < 1.29 is 29.3 Å². The van der Waals surface area contributed by atoms with Gasteiger partial charge in [0.1, 0.15) is 18.3 Å². The van der Waals surface area contributed by atoms with Gasteiger partial charge in [0.05, 0.1) is 12.9 Å². The van der Waals surface area contributed by atoms with Crippen LogP contribution in [0.3, 0.4) is 0 Å². The summed E-state index contributed by atoms with van der Waals surface area (Å²) in [5.74, 6) is -0.150. The van der Waals surface area contributed by atoms with E-state index < -0.39 is 43.4 Å². The first-order chi connectivity index (χ1) is 11.2. The second kappa shape index (κ2) is 6.13. The molecule has 2 aromatic rings. The monoisotopic (exact) mass is 379 g/mol. The fourth-order valence-corrected chi connectivity index (χ4v) is 2.92. The third-order valence-electron chi connectivity index (χ3n) is 3.47. The first kappa shape index (κ1) is 17.4. The topological polar surface area (TPSA) is 189 Å². The molecule has 0 amide bonds. The summed E-state index contributed by atoms with van der Waals surface area (Å²) in [6.45, 7) is -4.37. The minimum Gasteiger partial charge on any atom is -0.387 e. The maximum Gasteiger partial charge on any atom is 0.321 e. The summed E-state index contributed by atoms with van der Waals surface area (Å²) in [5.41, 5.74) is 4.97. The smallest absolute Gasteiger partial charge is 0.321 e. The number of nitrogens with one attached hydrogen (secondary N) is 1. The zero-order valence-electron chi connectivity index (χ0n) is 11.9. The van der Waals surface area contributed by atoms with Crippen LogP contribution in [0.2, 0.25) is 0 Å². The lowest BCUT2D eigenvalue weighted by Gasteiger charge is -2.17. The number of aliphatic hydroxyl groups is 2. The number of hydrogen-bond donors (Lipinski definition) is 6. The van der Waals surface area contributed by atoms with Crippen LogP contribution in [0.25, 0.3) is 11.2 Å². The predicted molar refractivity (Wildman–Crippen MR) is 83.2 cm³/mol. The van der Waals surface area contributed by atoms with Crippen LogP contribution in [0.1, 0.15) is 6.23 Å². The molecule has 1 aliphatic rings. The van der Waals surface area contributed by atoms with Gasteiger partial charge in [0.2, 0.25) is 5.95 Å². The van der Waals surface area contributed by atoms with E-state index in [9.17, 15) is 15.0 Å². The average Bonchev–Trinajstić information content (AvgIpc) is 3.00. The van der Waals surface area contributed by atoms with Gasteiger partial charge in [0, 0.05) is 0 Å². The number of imidazole rings is 1.